The second-order valence-corrected chi connectivity index (χ2v) is 6.55. The molecule has 2 aromatic carbocycles. The van der Waals surface area contributed by atoms with Crippen LogP contribution < -0.4 is 15.4 Å². The van der Waals surface area contributed by atoms with Crippen molar-refractivity contribution in [2.75, 3.05) is 32.2 Å². The van der Waals surface area contributed by atoms with Crippen molar-refractivity contribution in [3.05, 3.63) is 66.6 Å². The van der Waals surface area contributed by atoms with Crippen LogP contribution in [0, 0.1) is 0 Å². The predicted octanol–water partition coefficient (Wildman–Crippen LogP) is 4.95. The quantitative estimate of drug-likeness (QED) is 0.165. The van der Waals surface area contributed by atoms with E-state index in [2.05, 4.69) is 20.6 Å². The Morgan fingerprint density at radius 3 is 2.71 bits per heavy atom. The van der Waals surface area contributed by atoms with E-state index in [1.54, 1.807) is 13.4 Å². The lowest BCUT2D eigenvalue weighted by Crippen LogP contribution is -2.30. The molecule has 0 aliphatic heterocycles. The third-order valence-corrected chi connectivity index (χ3v) is 4.17. The van der Waals surface area contributed by atoms with Crippen LogP contribution in [0.25, 0.3) is 11.5 Å². The highest BCUT2D eigenvalue weighted by molar-refractivity contribution is 14.0. The van der Waals surface area contributed by atoms with Gasteiger partial charge in [-0.25, -0.2) is 9.98 Å². The second-order valence-electron chi connectivity index (χ2n) is 6.55. The summed E-state index contributed by atoms with van der Waals surface area (Å²) in [5.74, 6) is 2.06. The number of hydrogen-bond acceptors (Lipinski definition) is 5. The molecule has 0 aliphatic carbocycles. The van der Waals surface area contributed by atoms with Crippen molar-refractivity contribution < 1.29 is 13.9 Å². The summed E-state index contributed by atoms with van der Waals surface area (Å²) in [4.78, 5) is 9.14. The number of methoxy groups -OCH3 is 1. The molecule has 0 aliphatic rings. The first-order valence-corrected chi connectivity index (χ1v) is 10.1. The zero-order valence-corrected chi connectivity index (χ0v) is 20.2. The van der Waals surface area contributed by atoms with Crippen LogP contribution in [0.15, 0.2) is 70.3 Å². The molecule has 3 rings (SSSR count). The van der Waals surface area contributed by atoms with Gasteiger partial charge in [0, 0.05) is 44.0 Å². The fourth-order valence-corrected chi connectivity index (χ4v) is 2.75. The lowest BCUT2D eigenvalue weighted by molar-refractivity contribution is 0.172. The number of halogens is 1. The van der Waals surface area contributed by atoms with Crippen LogP contribution in [-0.2, 0) is 11.3 Å². The average Bonchev–Trinajstić information content (AvgIpc) is 3.25. The summed E-state index contributed by atoms with van der Waals surface area (Å²) >= 11 is 0. The molecule has 0 saturated heterocycles. The molecule has 0 atom stereocenters. The van der Waals surface area contributed by atoms with Crippen molar-refractivity contribution >= 4 is 35.6 Å². The third-order valence-electron chi connectivity index (χ3n) is 4.17. The van der Waals surface area contributed by atoms with Gasteiger partial charge in [-0.3, -0.25) is 0 Å². The Bertz CT molecular complexity index is 931. The highest BCUT2D eigenvalue weighted by Crippen LogP contribution is 2.19. The lowest BCUT2D eigenvalue weighted by Gasteiger charge is -2.12. The summed E-state index contributed by atoms with van der Waals surface area (Å²) < 4.78 is 16.4. The summed E-state index contributed by atoms with van der Waals surface area (Å²) in [6.07, 6.45) is 2.49. The Kier molecular flexibility index (Phi) is 10.9. The van der Waals surface area contributed by atoms with E-state index >= 15 is 0 Å². The lowest BCUT2D eigenvalue weighted by atomic mass is 10.2. The maximum absolute atomic E-state index is 5.76. The molecule has 0 amide bonds. The maximum atomic E-state index is 5.76. The molecule has 31 heavy (non-hydrogen) atoms. The van der Waals surface area contributed by atoms with Crippen LogP contribution in [0.4, 0.5) is 5.69 Å². The topological polar surface area (TPSA) is 80.9 Å². The van der Waals surface area contributed by atoms with Gasteiger partial charge in [-0.15, -0.1) is 24.0 Å². The van der Waals surface area contributed by atoms with Crippen molar-refractivity contribution in [3.8, 4) is 17.2 Å². The molecule has 0 spiro atoms. The first-order valence-electron chi connectivity index (χ1n) is 10.1. The third kappa shape index (κ3) is 8.22. The van der Waals surface area contributed by atoms with E-state index in [1.165, 1.54) is 0 Å². The van der Waals surface area contributed by atoms with Gasteiger partial charge in [-0.1, -0.05) is 24.3 Å². The average molecular weight is 536 g/mol. The fraction of sp³-hybridized carbons (Fsp3) is 0.304. The number of nitrogens with one attached hydrogen (secondary N) is 2. The van der Waals surface area contributed by atoms with Crippen LogP contribution in [0.5, 0.6) is 5.75 Å². The van der Waals surface area contributed by atoms with E-state index in [0.717, 1.165) is 35.7 Å². The van der Waals surface area contributed by atoms with Gasteiger partial charge in [0.15, 0.2) is 5.96 Å². The van der Waals surface area contributed by atoms with Gasteiger partial charge in [-0.05, 0) is 31.2 Å². The number of aromatic nitrogens is 1. The van der Waals surface area contributed by atoms with E-state index in [-0.39, 0.29) is 24.0 Å². The molecule has 0 radical (unpaired) electrons. The van der Waals surface area contributed by atoms with E-state index < -0.39 is 0 Å². The van der Waals surface area contributed by atoms with Crippen molar-refractivity contribution in [2.45, 2.75) is 19.9 Å². The molecule has 3 aromatic rings. The minimum Gasteiger partial charge on any atom is -0.493 e. The number of anilines is 1. The minimum atomic E-state index is 0. The maximum Gasteiger partial charge on any atom is 0.226 e. The van der Waals surface area contributed by atoms with Gasteiger partial charge in [0.25, 0.3) is 0 Å². The standard InChI is InChI=1S/C23H28N4O3.HI/c1-3-24-23(27-19-11-7-12-21(15-19)29-14-8-13-28-2)25-16-20-17-30-22(26-20)18-9-5-4-6-10-18;/h4-7,9-12,15,17H,3,8,13-14,16H2,1-2H3,(H2,24,25,27);1H. The van der Waals surface area contributed by atoms with E-state index in [9.17, 15) is 0 Å². The molecular weight excluding hydrogens is 507 g/mol. The summed E-state index contributed by atoms with van der Waals surface area (Å²) in [7, 11) is 1.69. The second kappa shape index (κ2) is 13.7. The predicted molar refractivity (Wildman–Crippen MR) is 134 cm³/mol. The van der Waals surface area contributed by atoms with Crippen LogP contribution >= 0.6 is 24.0 Å². The molecule has 0 unspecified atom stereocenters. The normalized spacial score (nSPS) is 11.0. The van der Waals surface area contributed by atoms with Gasteiger partial charge in [-0.2, -0.15) is 0 Å². The van der Waals surface area contributed by atoms with Gasteiger partial charge in [0.1, 0.15) is 17.7 Å². The Morgan fingerprint density at radius 2 is 1.94 bits per heavy atom. The number of oxazole rings is 1. The zero-order valence-electron chi connectivity index (χ0n) is 17.8. The zero-order chi connectivity index (χ0) is 21.0. The molecule has 0 fully saturated rings. The minimum absolute atomic E-state index is 0. The first kappa shape index (κ1) is 24.7. The molecule has 1 aromatic heterocycles. The summed E-state index contributed by atoms with van der Waals surface area (Å²) in [5.41, 5.74) is 2.60. The van der Waals surface area contributed by atoms with E-state index in [4.69, 9.17) is 13.9 Å². The number of hydrogen-bond donors (Lipinski definition) is 2. The van der Waals surface area contributed by atoms with Gasteiger partial charge in [0.05, 0.1) is 13.2 Å². The van der Waals surface area contributed by atoms with Crippen LogP contribution in [0.2, 0.25) is 0 Å². The molecule has 0 bridgehead atoms. The number of nitrogens with zero attached hydrogens (tertiary/aromatic N) is 2. The Balaban J connectivity index is 0.00000341. The van der Waals surface area contributed by atoms with Gasteiger partial charge in [0.2, 0.25) is 5.89 Å². The number of guanidine groups is 1. The monoisotopic (exact) mass is 536 g/mol. The van der Waals surface area contributed by atoms with Gasteiger partial charge >= 0.3 is 0 Å². The first-order chi connectivity index (χ1) is 14.8. The Hall–Kier alpha value is -2.59. The summed E-state index contributed by atoms with van der Waals surface area (Å²) in [5, 5.41) is 6.55. The molecule has 2 N–H and O–H groups in total. The van der Waals surface area contributed by atoms with Crippen molar-refractivity contribution in [1.82, 2.24) is 10.3 Å². The molecular formula is C23H29IN4O3. The molecule has 8 heteroatoms. The molecule has 7 nitrogen and oxygen atoms in total. The largest absolute Gasteiger partial charge is 0.493 e. The highest BCUT2D eigenvalue weighted by atomic mass is 127. The number of ether oxygens (including phenoxy) is 2. The van der Waals surface area contributed by atoms with Gasteiger partial charge < -0.3 is 24.5 Å². The highest BCUT2D eigenvalue weighted by Gasteiger charge is 2.07. The van der Waals surface area contributed by atoms with Crippen molar-refractivity contribution in [1.29, 1.82) is 0 Å². The summed E-state index contributed by atoms with van der Waals surface area (Å²) in [6.45, 7) is 4.46. The molecule has 1 heterocycles. The Morgan fingerprint density at radius 1 is 1.10 bits per heavy atom. The number of benzene rings is 2. The number of aliphatic imine (C=N–C) groups is 1. The van der Waals surface area contributed by atoms with Crippen LogP contribution in [0.3, 0.4) is 0 Å². The fourth-order valence-electron chi connectivity index (χ4n) is 2.75. The van der Waals surface area contributed by atoms with Crippen molar-refractivity contribution in [3.63, 3.8) is 0 Å². The number of rotatable bonds is 10. The smallest absolute Gasteiger partial charge is 0.226 e. The van der Waals surface area contributed by atoms with Crippen LogP contribution in [0.1, 0.15) is 19.0 Å². The molecule has 166 valence electrons. The summed E-state index contributed by atoms with van der Waals surface area (Å²) in [6, 6.07) is 17.6. The van der Waals surface area contributed by atoms with E-state index in [0.29, 0.717) is 31.6 Å². The van der Waals surface area contributed by atoms with E-state index in [1.807, 2.05) is 61.5 Å². The van der Waals surface area contributed by atoms with Crippen molar-refractivity contribution in [2.24, 2.45) is 4.99 Å². The Labute approximate surface area is 200 Å². The molecule has 0 saturated carbocycles. The van der Waals surface area contributed by atoms with Crippen LogP contribution in [-0.4, -0.2) is 37.8 Å². The SMILES string of the molecule is CCNC(=NCc1coc(-c2ccccc2)n1)Nc1cccc(OCCCOC)c1.I.